The molecule has 3 N–H and O–H groups in total. The van der Waals surface area contributed by atoms with E-state index in [0.29, 0.717) is 0 Å². The quantitative estimate of drug-likeness (QED) is 0.537. The van der Waals surface area contributed by atoms with Crippen molar-refractivity contribution >= 4 is 14.0 Å². The molecule has 1 aromatic carbocycles. The maximum absolute atomic E-state index is 9.68. The minimum atomic E-state index is -2.01. The molecular weight excluding hydrogens is 166 g/mol. The Labute approximate surface area is 74.2 Å². The maximum Gasteiger partial charge on any atom is 0.186 e. The zero-order valence-corrected chi connectivity index (χ0v) is 8.54. The Morgan fingerprint density at radius 2 is 1.92 bits per heavy atom. The van der Waals surface area contributed by atoms with Gasteiger partial charge in [0.1, 0.15) is 0 Å². The third-order valence-electron chi connectivity index (χ3n) is 1.68. The first-order valence-corrected chi connectivity index (χ1v) is 7.20. The first kappa shape index (κ1) is 9.29. The second-order valence-electron chi connectivity index (χ2n) is 3.69. The molecule has 2 nitrogen and oxygen atoms in total. The second-order valence-corrected chi connectivity index (χ2v) is 7.67. The summed E-state index contributed by atoms with van der Waals surface area (Å²) in [6, 6.07) is 8.44. The van der Waals surface area contributed by atoms with Gasteiger partial charge in [-0.1, -0.05) is 18.2 Å². The third kappa shape index (κ3) is 2.68. The van der Waals surface area contributed by atoms with Crippen LogP contribution in [0.3, 0.4) is 0 Å². The smallest absolute Gasteiger partial charge is 0.186 e. The van der Waals surface area contributed by atoms with Gasteiger partial charge in [0.15, 0.2) is 8.32 Å². The lowest BCUT2D eigenvalue weighted by Crippen LogP contribution is -2.29. The van der Waals surface area contributed by atoms with Gasteiger partial charge in [-0.25, -0.2) is 0 Å². The van der Waals surface area contributed by atoms with E-state index in [1.807, 2.05) is 37.4 Å². The van der Waals surface area contributed by atoms with Crippen LogP contribution in [-0.4, -0.2) is 13.1 Å². The van der Waals surface area contributed by atoms with Crippen LogP contribution in [0, 0.1) is 0 Å². The van der Waals surface area contributed by atoms with Crippen molar-refractivity contribution in [3.05, 3.63) is 29.8 Å². The number of rotatable bonds is 2. The van der Waals surface area contributed by atoms with Crippen molar-refractivity contribution in [2.45, 2.75) is 19.1 Å². The normalized spacial score (nSPS) is 11.6. The first-order chi connectivity index (χ1) is 5.49. The van der Waals surface area contributed by atoms with Crippen LogP contribution in [0.5, 0.6) is 0 Å². The van der Waals surface area contributed by atoms with Crippen LogP contribution in [-0.2, 0) is 6.04 Å². The second kappa shape index (κ2) is 3.29. The van der Waals surface area contributed by atoms with E-state index in [-0.39, 0.29) is 0 Å². The molecule has 0 atom stereocenters. The van der Waals surface area contributed by atoms with Gasteiger partial charge in [-0.15, -0.1) is 0 Å². The van der Waals surface area contributed by atoms with Crippen molar-refractivity contribution < 1.29 is 4.80 Å². The van der Waals surface area contributed by atoms with Crippen LogP contribution in [0.15, 0.2) is 24.3 Å². The molecule has 12 heavy (non-hydrogen) atoms. The fourth-order valence-electron chi connectivity index (χ4n) is 1.16. The van der Waals surface area contributed by atoms with E-state index in [4.69, 9.17) is 5.73 Å². The molecule has 1 aromatic rings. The minimum Gasteiger partial charge on any atom is -0.432 e. The van der Waals surface area contributed by atoms with Gasteiger partial charge in [0, 0.05) is 5.69 Å². The zero-order valence-electron chi connectivity index (χ0n) is 7.54. The summed E-state index contributed by atoms with van der Waals surface area (Å²) in [7, 11) is -2.01. The summed E-state index contributed by atoms with van der Waals surface area (Å²) in [6.45, 7) is 3.83. The van der Waals surface area contributed by atoms with Gasteiger partial charge in [0.2, 0.25) is 0 Å². The highest BCUT2D eigenvalue weighted by Gasteiger charge is 2.18. The summed E-state index contributed by atoms with van der Waals surface area (Å²) in [5.74, 6) is 0. The van der Waals surface area contributed by atoms with Crippen molar-refractivity contribution in [2.75, 3.05) is 5.73 Å². The number of nitrogen functional groups attached to an aromatic ring is 1. The minimum absolute atomic E-state index is 0.736. The predicted octanol–water partition coefficient (Wildman–Crippen LogP) is 1.55. The molecule has 0 aromatic heterocycles. The van der Waals surface area contributed by atoms with Crippen LogP contribution < -0.4 is 5.73 Å². The molecular formula is C9H15NOSi. The molecule has 3 heteroatoms. The molecule has 0 radical (unpaired) electrons. The van der Waals surface area contributed by atoms with E-state index in [0.717, 1.165) is 17.3 Å². The van der Waals surface area contributed by atoms with Gasteiger partial charge in [-0.2, -0.15) is 0 Å². The van der Waals surface area contributed by atoms with Gasteiger partial charge >= 0.3 is 0 Å². The molecule has 0 fully saturated rings. The summed E-state index contributed by atoms with van der Waals surface area (Å²) < 4.78 is 0. The number of nitrogens with two attached hydrogens (primary N) is 1. The van der Waals surface area contributed by atoms with Crippen molar-refractivity contribution in [3.63, 3.8) is 0 Å². The van der Waals surface area contributed by atoms with E-state index >= 15 is 0 Å². The number of hydrogen-bond acceptors (Lipinski definition) is 2. The molecule has 0 bridgehead atoms. The molecule has 66 valence electrons. The van der Waals surface area contributed by atoms with E-state index in [2.05, 4.69) is 0 Å². The van der Waals surface area contributed by atoms with Crippen LogP contribution in [0.1, 0.15) is 5.56 Å². The summed E-state index contributed by atoms with van der Waals surface area (Å²) in [5, 5.41) is 0. The van der Waals surface area contributed by atoms with Gasteiger partial charge < -0.3 is 10.5 Å². The fourth-order valence-corrected chi connectivity index (χ4v) is 2.42. The van der Waals surface area contributed by atoms with Gasteiger partial charge in [-0.05, 0) is 30.8 Å². The zero-order chi connectivity index (χ0) is 9.19. The standard InChI is InChI=1S/C9H15NOSi/c1-12(2,11)7-8-5-3-4-6-9(8)10/h3-6,11H,7,10H2,1-2H3. The number of hydrogen-bond donors (Lipinski definition) is 2. The summed E-state index contributed by atoms with van der Waals surface area (Å²) >= 11 is 0. The monoisotopic (exact) mass is 181 g/mol. The molecule has 0 spiro atoms. The molecule has 0 aliphatic heterocycles. The highest BCUT2D eigenvalue weighted by Crippen LogP contribution is 2.15. The highest BCUT2D eigenvalue weighted by atomic mass is 28.4. The molecule has 0 saturated carbocycles. The fraction of sp³-hybridized carbons (Fsp3) is 0.333. The Morgan fingerprint density at radius 1 is 1.33 bits per heavy atom. The maximum atomic E-state index is 9.68. The number of benzene rings is 1. The van der Waals surface area contributed by atoms with Crippen LogP contribution in [0.25, 0.3) is 0 Å². The van der Waals surface area contributed by atoms with E-state index < -0.39 is 8.32 Å². The van der Waals surface area contributed by atoms with E-state index in [1.165, 1.54) is 0 Å². The molecule has 1 rings (SSSR count). The van der Waals surface area contributed by atoms with E-state index in [9.17, 15) is 4.80 Å². The predicted molar refractivity (Wildman–Crippen MR) is 54.3 cm³/mol. The Bertz CT molecular complexity index is 267. The summed E-state index contributed by atoms with van der Waals surface area (Å²) in [6.07, 6.45) is 0. The first-order valence-electron chi connectivity index (χ1n) is 4.05. The number of anilines is 1. The Morgan fingerprint density at radius 3 is 2.42 bits per heavy atom. The van der Waals surface area contributed by atoms with Gasteiger partial charge in [-0.3, -0.25) is 0 Å². The lowest BCUT2D eigenvalue weighted by atomic mass is 10.2. The van der Waals surface area contributed by atoms with Crippen molar-refractivity contribution in [2.24, 2.45) is 0 Å². The topological polar surface area (TPSA) is 46.2 Å². The van der Waals surface area contributed by atoms with Crippen molar-refractivity contribution in [3.8, 4) is 0 Å². The SMILES string of the molecule is C[Si](C)(O)Cc1ccccc1N. The average molecular weight is 181 g/mol. The lowest BCUT2D eigenvalue weighted by molar-refractivity contribution is 0.548. The Kier molecular flexibility index (Phi) is 2.54. The van der Waals surface area contributed by atoms with Crippen molar-refractivity contribution in [1.82, 2.24) is 0 Å². The Balaban J connectivity index is 2.83. The highest BCUT2D eigenvalue weighted by molar-refractivity contribution is 6.69. The largest absolute Gasteiger partial charge is 0.432 e. The number of para-hydroxylation sites is 1. The van der Waals surface area contributed by atoms with Gasteiger partial charge in [0.25, 0.3) is 0 Å². The molecule has 0 aliphatic rings. The molecule has 0 aliphatic carbocycles. The molecule has 0 saturated heterocycles. The van der Waals surface area contributed by atoms with Crippen molar-refractivity contribution in [1.29, 1.82) is 0 Å². The third-order valence-corrected chi connectivity index (χ3v) is 2.92. The Hall–Kier alpha value is -0.803. The summed E-state index contributed by atoms with van der Waals surface area (Å²) in [4.78, 5) is 9.68. The van der Waals surface area contributed by atoms with Crippen LogP contribution >= 0.6 is 0 Å². The molecule has 0 amide bonds. The molecule has 0 unspecified atom stereocenters. The van der Waals surface area contributed by atoms with Gasteiger partial charge in [0.05, 0.1) is 0 Å². The van der Waals surface area contributed by atoms with E-state index in [1.54, 1.807) is 0 Å². The average Bonchev–Trinajstić information content (AvgIpc) is 1.91. The molecule has 0 heterocycles. The van der Waals surface area contributed by atoms with Crippen LogP contribution in [0.2, 0.25) is 13.1 Å². The van der Waals surface area contributed by atoms with Crippen LogP contribution in [0.4, 0.5) is 5.69 Å². The lowest BCUT2D eigenvalue weighted by Gasteiger charge is -2.14. The summed E-state index contributed by atoms with van der Waals surface area (Å²) in [5.41, 5.74) is 7.59.